The fraction of sp³-hybridized carbons (Fsp3) is 0.250. The van der Waals surface area contributed by atoms with Gasteiger partial charge in [0.2, 0.25) is 0 Å². The van der Waals surface area contributed by atoms with E-state index in [2.05, 4.69) is 11.3 Å². The van der Waals surface area contributed by atoms with Crippen LogP contribution in [0.5, 0.6) is 0 Å². The number of hydrogen-bond acceptors (Lipinski definition) is 2. The average Bonchev–Trinajstić information content (AvgIpc) is 1.65. The van der Waals surface area contributed by atoms with E-state index >= 15 is 0 Å². The molecule has 0 rings (SSSR count). The Hall–Kier alpha value is 0.781. The predicted octanol–water partition coefficient (Wildman–Crippen LogP) is -0.571. The third-order valence-electron chi connectivity index (χ3n) is 0.368. The standard InChI is InChI=1S/C4H6O2.Ba.2H/c1-3-4(5)6-2;;;/h3H,1H2,2H3;;;. The van der Waals surface area contributed by atoms with Crippen LogP contribution in [0.1, 0.15) is 0 Å². The van der Waals surface area contributed by atoms with Crippen molar-refractivity contribution in [3.05, 3.63) is 12.7 Å². The van der Waals surface area contributed by atoms with E-state index in [1.165, 1.54) is 7.11 Å². The fourth-order valence-corrected chi connectivity index (χ4v) is 0.0833. The first-order valence-corrected chi connectivity index (χ1v) is 1.51. The van der Waals surface area contributed by atoms with Crippen LogP contribution in [-0.2, 0) is 9.53 Å². The fourth-order valence-electron chi connectivity index (χ4n) is 0.0833. The first-order valence-electron chi connectivity index (χ1n) is 1.51. The summed E-state index contributed by atoms with van der Waals surface area (Å²) < 4.78 is 4.14. The van der Waals surface area contributed by atoms with E-state index in [0.717, 1.165) is 6.08 Å². The molecule has 0 aliphatic rings. The summed E-state index contributed by atoms with van der Waals surface area (Å²) in [5.74, 6) is -0.394. The summed E-state index contributed by atoms with van der Waals surface area (Å²) in [4.78, 5) is 9.84. The van der Waals surface area contributed by atoms with E-state index in [-0.39, 0.29) is 48.9 Å². The molecule has 38 valence electrons. The Morgan fingerprint density at radius 2 is 2.29 bits per heavy atom. The van der Waals surface area contributed by atoms with Crippen molar-refractivity contribution in [1.29, 1.82) is 0 Å². The van der Waals surface area contributed by atoms with Crippen LogP contribution in [0.2, 0.25) is 0 Å². The Bertz CT molecular complexity index is 70.1. The summed E-state index contributed by atoms with van der Waals surface area (Å²) in [6.07, 6.45) is 1.11. The van der Waals surface area contributed by atoms with Crippen molar-refractivity contribution in [2.24, 2.45) is 0 Å². The van der Waals surface area contributed by atoms with E-state index in [4.69, 9.17) is 0 Å². The van der Waals surface area contributed by atoms with Gasteiger partial charge in [-0.3, -0.25) is 0 Å². The maximum absolute atomic E-state index is 9.84. The van der Waals surface area contributed by atoms with E-state index in [0.29, 0.717) is 0 Å². The SMILES string of the molecule is C=CC(=O)OC.[BaH2]. The van der Waals surface area contributed by atoms with Crippen LogP contribution in [0.4, 0.5) is 0 Å². The number of ether oxygens (including phenoxy) is 1. The molecule has 0 heterocycles. The van der Waals surface area contributed by atoms with Gasteiger partial charge in [-0.15, -0.1) is 0 Å². The molecule has 0 aromatic rings. The molecule has 0 radical (unpaired) electrons. The predicted molar refractivity (Wildman–Crippen MR) is 30.8 cm³/mol. The molecule has 0 saturated heterocycles. The first-order chi connectivity index (χ1) is 2.81. The third-order valence-corrected chi connectivity index (χ3v) is 0.368. The Balaban J connectivity index is 0. The molecule has 0 fully saturated rings. The molecule has 0 aliphatic heterocycles. The van der Waals surface area contributed by atoms with Crippen LogP contribution >= 0.6 is 0 Å². The normalized spacial score (nSPS) is 5.86. The molecule has 0 atom stereocenters. The first kappa shape index (κ1) is 10.7. The van der Waals surface area contributed by atoms with Crippen molar-refractivity contribution in [3.8, 4) is 0 Å². The van der Waals surface area contributed by atoms with Gasteiger partial charge in [0.25, 0.3) is 0 Å². The van der Waals surface area contributed by atoms with Gasteiger partial charge >= 0.3 is 54.9 Å². The van der Waals surface area contributed by atoms with Crippen molar-refractivity contribution in [2.75, 3.05) is 7.11 Å². The number of carbonyl (C=O) groups is 1. The summed E-state index contributed by atoms with van der Waals surface area (Å²) >= 11 is 0. The number of rotatable bonds is 1. The molecule has 0 spiro atoms. The zero-order valence-corrected chi connectivity index (χ0v) is 3.60. The van der Waals surface area contributed by atoms with Crippen LogP contribution in [0.3, 0.4) is 0 Å². The van der Waals surface area contributed by atoms with Crippen LogP contribution in [0.15, 0.2) is 12.7 Å². The van der Waals surface area contributed by atoms with Crippen molar-refractivity contribution in [3.63, 3.8) is 0 Å². The Labute approximate surface area is 83.0 Å². The number of esters is 1. The Morgan fingerprint density at radius 1 is 1.86 bits per heavy atom. The van der Waals surface area contributed by atoms with E-state index < -0.39 is 5.97 Å². The molecule has 7 heavy (non-hydrogen) atoms. The van der Waals surface area contributed by atoms with Gasteiger partial charge in [-0.1, -0.05) is 6.58 Å². The summed E-state index contributed by atoms with van der Waals surface area (Å²) in [5, 5.41) is 0. The number of methoxy groups -OCH3 is 1. The van der Waals surface area contributed by atoms with Crippen molar-refractivity contribution < 1.29 is 9.53 Å². The monoisotopic (exact) mass is 226 g/mol. The molecule has 0 aromatic heterocycles. The topological polar surface area (TPSA) is 26.3 Å². The Kier molecular flexibility index (Phi) is 10.4. The molecule has 2 nitrogen and oxygen atoms in total. The molecular weight excluding hydrogens is 217 g/mol. The summed E-state index contributed by atoms with van der Waals surface area (Å²) in [6.45, 7) is 3.16. The second-order valence-corrected chi connectivity index (χ2v) is 0.727. The molecule has 0 N–H and O–H groups in total. The minimum absolute atomic E-state index is 0. The summed E-state index contributed by atoms with van der Waals surface area (Å²) in [7, 11) is 1.31. The third kappa shape index (κ3) is 6.78. The summed E-state index contributed by atoms with van der Waals surface area (Å²) in [5.41, 5.74) is 0. The zero-order chi connectivity index (χ0) is 4.99. The Morgan fingerprint density at radius 3 is 2.29 bits per heavy atom. The van der Waals surface area contributed by atoms with Gasteiger partial charge in [-0.2, -0.15) is 0 Å². The molecule has 3 heteroatoms. The molecule has 0 aromatic carbocycles. The quantitative estimate of drug-likeness (QED) is 0.339. The summed E-state index contributed by atoms with van der Waals surface area (Å²) in [6, 6.07) is 0. The van der Waals surface area contributed by atoms with E-state index in [9.17, 15) is 4.79 Å². The molecule has 0 saturated carbocycles. The van der Waals surface area contributed by atoms with Crippen molar-refractivity contribution in [2.45, 2.75) is 0 Å². The van der Waals surface area contributed by atoms with Crippen LogP contribution in [-0.4, -0.2) is 62.0 Å². The van der Waals surface area contributed by atoms with Crippen molar-refractivity contribution >= 4 is 54.9 Å². The molecule has 0 amide bonds. The van der Waals surface area contributed by atoms with Gasteiger partial charge in [-0.25, -0.2) is 4.79 Å². The zero-order valence-electron chi connectivity index (χ0n) is 3.60. The molecule has 0 unspecified atom stereocenters. The molecule has 0 aliphatic carbocycles. The van der Waals surface area contributed by atoms with Crippen molar-refractivity contribution in [1.82, 2.24) is 0 Å². The van der Waals surface area contributed by atoms with Gasteiger partial charge in [-0.05, 0) is 0 Å². The van der Waals surface area contributed by atoms with Crippen LogP contribution in [0, 0.1) is 0 Å². The van der Waals surface area contributed by atoms with E-state index in [1.807, 2.05) is 0 Å². The average molecular weight is 225 g/mol. The van der Waals surface area contributed by atoms with Crippen LogP contribution in [0.25, 0.3) is 0 Å². The van der Waals surface area contributed by atoms with Gasteiger partial charge < -0.3 is 4.74 Å². The maximum atomic E-state index is 9.84. The number of carbonyl (C=O) groups excluding carboxylic acids is 1. The van der Waals surface area contributed by atoms with Gasteiger partial charge in [0, 0.05) is 6.08 Å². The van der Waals surface area contributed by atoms with E-state index in [1.54, 1.807) is 0 Å². The molecular formula is C4H8BaO2. The molecule has 0 bridgehead atoms. The second kappa shape index (κ2) is 6.78. The van der Waals surface area contributed by atoms with Crippen LogP contribution < -0.4 is 0 Å². The van der Waals surface area contributed by atoms with Gasteiger partial charge in [0.05, 0.1) is 7.11 Å². The van der Waals surface area contributed by atoms with Gasteiger partial charge in [0.15, 0.2) is 0 Å². The van der Waals surface area contributed by atoms with Gasteiger partial charge in [0.1, 0.15) is 0 Å². The second-order valence-electron chi connectivity index (χ2n) is 0.727. The number of hydrogen-bond donors (Lipinski definition) is 0. The minimum atomic E-state index is -0.394.